The van der Waals surface area contributed by atoms with Gasteiger partial charge in [-0.25, -0.2) is 9.18 Å². The van der Waals surface area contributed by atoms with Crippen LogP contribution in [-0.4, -0.2) is 36.0 Å². The molecule has 0 saturated carbocycles. The lowest BCUT2D eigenvalue weighted by Gasteiger charge is -2.33. The van der Waals surface area contributed by atoms with Crippen LogP contribution in [0.2, 0.25) is 0 Å². The van der Waals surface area contributed by atoms with Crippen molar-refractivity contribution in [3.8, 4) is 0 Å². The summed E-state index contributed by atoms with van der Waals surface area (Å²) in [7, 11) is -1.93. The Morgan fingerprint density at radius 3 is 2.24 bits per heavy atom. The smallest absolute Gasteiger partial charge is 0.344 e. The normalized spacial score (nSPS) is 16.4. The molecular weight excluding hydrogens is 448 g/mol. The van der Waals surface area contributed by atoms with Gasteiger partial charge in [0.25, 0.3) is 5.91 Å². The Hall–Kier alpha value is -2.26. The molecule has 6 heteroatoms. The number of halogens is 1. The number of esters is 1. The molecule has 1 unspecified atom stereocenters. The number of hydrogen-bond acceptors (Lipinski definition) is 3. The summed E-state index contributed by atoms with van der Waals surface area (Å²) in [5.41, 5.74) is 2.90. The summed E-state index contributed by atoms with van der Waals surface area (Å²) < 4.78 is 19.5. The van der Waals surface area contributed by atoms with E-state index in [1.165, 1.54) is 12.1 Å². The van der Waals surface area contributed by atoms with Gasteiger partial charge in [0.1, 0.15) is 18.1 Å². The van der Waals surface area contributed by atoms with Crippen molar-refractivity contribution in [3.63, 3.8) is 0 Å². The fourth-order valence-electron chi connectivity index (χ4n) is 5.18. The first-order valence-corrected chi connectivity index (χ1v) is 14.9. The highest BCUT2D eigenvalue weighted by Gasteiger charge is 2.51. The van der Waals surface area contributed by atoms with E-state index in [1.807, 2.05) is 44.2 Å². The Labute approximate surface area is 204 Å². The Balaban J connectivity index is 1.83. The lowest BCUT2D eigenvalue weighted by atomic mass is 10.1. The van der Waals surface area contributed by atoms with E-state index in [1.54, 1.807) is 0 Å². The summed E-state index contributed by atoms with van der Waals surface area (Å²) in [6.45, 7) is 5.99. The van der Waals surface area contributed by atoms with E-state index in [2.05, 4.69) is 12.2 Å². The van der Waals surface area contributed by atoms with Gasteiger partial charge in [-0.2, -0.15) is 0 Å². The van der Waals surface area contributed by atoms with E-state index in [-0.39, 0.29) is 30.0 Å². The molecule has 1 heterocycles. The summed E-state index contributed by atoms with van der Waals surface area (Å²) in [6, 6.07) is 12.6. The molecule has 0 spiro atoms. The van der Waals surface area contributed by atoms with E-state index >= 15 is 0 Å². The highest BCUT2D eigenvalue weighted by molar-refractivity contribution is 7.78. The van der Waals surface area contributed by atoms with Gasteiger partial charge in [-0.1, -0.05) is 43.7 Å². The van der Waals surface area contributed by atoms with Crippen LogP contribution in [0.1, 0.15) is 62.1 Å². The van der Waals surface area contributed by atoms with Crippen molar-refractivity contribution in [1.82, 2.24) is 0 Å². The van der Waals surface area contributed by atoms with E-state index in [0.29, 0.717) is 11.8 Å². The average molecular weight is 487 g/mol. The second-order valence-electron chi connectivity index (χ2n) is 9.59. The van der Waals surface area contributed by atoms with E-state index < -0.39 is 7.26 Å². The molecule has 1 aliphatic heterocycles. The molecule has 184 valence electrons. The number of nitrogens with one attached hydrogen (secondary N) is 1. The fourth-order valence-corrected chi connectivity index (χ4v) is 10.2. The van der Waals surface area contributed by atoms with Crippen molar-refractivity contribution in [3.05, 3.63) is 65.0 Å². The highest BCUT2D eigenvalue weighted by atomic mass is 31.2. The Bertz CT molecular complexity index is 948. The van der Waals surface area contributed by atoms with Crippen molar-refractivity contribution in [2.24, 2.45) is 0 Å². The molecule has 1 aliphatic rings. The zero-order chi connectivity index (χ0) is 24.6. The van der Waals surface area contributed by atoms with Gasteiger partial charge in [-0.05, 0) is 74.8 Å². The van der Waals surface area contributed by atoms with E-state index in [0.717, 1.165) is 67.5 Å². The number of benzene rings is 2. The maximum absolute atomic E-state index is 13.8. The third kappa shape index (κ3) is 6.88. The molecule has 0 bridgehead atoms. The molecule has 0 aromatic heterocycles. The number of anilines is 1. The Kier molecular flexibility index (Phi) is 9.64. The van der Waals surface area contributed by atoms with E-state index in [9.17, 15) is 14.0 Å². The molecule has 0 aliphatic carbocycles. The first-order valence-electron chi connectivity index (χ1n) is 12.5. The first kappa shape index (κ1) is 26.3. The lowest BCUT2D eigenvalue weighted by Crippen LogP contribution is -2.36. The first-order chi connectivity index (χ1) is 16.3. The van der Waals surface area contributed by atoms with Gasteiger partial charge >= 0.3 is 5.97 Å². The molecule has 1 saturated heterocycles. The summed E-state index contributed by atoms with van der Waals surface area (Å²) in [4.78, 5) is 26.8. The molecule has 3 rings (SSSR count). The van der Waals surface area contributed by atoms with Crippen LogP contribution in [-0.2, 0) is 20.9 Å². The van der Waals surface area contributed by atoms with Gasteiger partial charge in [0.2, 0.25) is 0 Å². The quantitative estimate of drug-likeness (QED) is 0.310. The van der Waals surface area contributed by atoms with Crippen molar-refractivity contribution in [1.29, 1.82) is 0 Å². The molecule has 1 N–H and O–H groups in total. The van der Waals surface area contributed by atoms with Crippen molar-refractivity contribution in [2.45, 2.75) is 71.6 Å². The summed E-state index contributed by atoms with van der Waals surface area (Å²) in [5, 5.41) is 3.13. The van der Waals surface area contributed by atoms with Gasteiger partial charge < -0.3 is 10.1 Å². The zero-order valence-electron chi connectivity index (χ0n) is 20.7. The monoisotopic (exact) mass is 486 g/mol. The number of ether oxygens (including phenoxy) is 1. The van der Waals surface area contributed by atoms with Gasteiger partial charge in [0, 0.05) is 12.9 Å². The second-order valence-corrected chi connectivity index (χ2v) is 13.9. The molecule has 1 amide bonds. The minimum atomic E-state index is -1.93. The molecule has 34 heavy (non-hydrogen) atoms. The minimum absolute atomic E-state index is 0.0225. The van der Waals surface area contributed by atoms with Crippen molar-refractivity contribution in [2.75, 3.05) is 23.8 Å². The van der Waals surface area contributed by atoms with Crippen LogP contribution in [0.25, 0.3) is 0 Å². The SMILES string of the molecule is CCCC(C(=O)Nc1c(C)cc(F)cc1C)[P+]1(CC(=O)OCc2ccccc2)CCCCCC1. The van der Waals surface area contributed by atoms with Crippen LogP contribution in [0.3, 0.4) is 0 Å². The second kappa shape index (κ2) is 12.4. The maximum atomic E-state index is 13.8. The average Bonchev–Trinajstić information content (AvgIpc) is 3.05. The van der Waals surface area contributed by atoms with Gasteiger partial charge in [0.05, 0.1) is 12.3 Å². The predicted molar refractivity (Wildman–Crippen MR) is 139 cm³/mol. The number of carbonyl (C=O) groups excluding carboxylic acids is 2. The molecule has 0 radical (unpaired) electrons. The highest BCUT2D eigenvalue weighted by Crippen LogP contribution is 2.66. The summed E-state index contributed by atoms with van der Waals surface area (Å²) >= 11 is 0. The molecule has 2 aromatic rings. The van der Waals surface area contributed by atoms with Gasteiger partial charge in [-0.3, -0.25) is 4.79 Å². The number of rotatable bonds is 9. The van der Waals surface area contributed by atoms with E-state index in [4.69, 9.17) is 4.74 Å². The topological polar surface area (TPSA) is 55.4 Å². The molecule has 1 atom stereocenters. The van der Waals surface area contributed by atoms with Crippen LogP contribution < -0.4 is 5.32 Å². The molecule has 1 fully saturated rings. The largest absolute Gasteiger partial charge is 0.458 e. The summed E-state index contributed by atoms with van der Waals surface area (Å²) in [6.07, 6.45) is 8.31. The van der Waals surface area contributed by atoms with Crippen LogP contribution in [0, 0.1) is 19.7 Å². The lowest BCUT2D eigenvalue weighted by molar-refractivity contribution is -0.141. The predicted octanol–water partition coefficient (Wildman–Crippen LogP) is 6.88. The molecular formula is C28H38FNO3P+. The fraction of sp³-hybridized carbons (Fsp3) is 0.500. The maximum Gasteiger partial charge on any atom is 0.344 e. The zero-order valence-corrected chi connectivity index (χ0v) is 21.6. The molecule has 2 aromatic carbocycles. The third-order valence-corrected chi connectivity index (χ3v) is 12.0. The van der Waals surface area contributed by atoms with Crippen LogP contribution >= 0.6 is 7.26 Å². The van der Waals surface area contributed by atoms with Gasteiger partial charge in [-0.15, -0.1) is 0 Å². The van der Waals surface area contributed by atoms with Crippen molar-refractivity contribution < 1.29 is 18.7 Å². The third-order valence-electron chi connectivity index (χ3n) is 6.92. The number of amides is 1. The Morgan fingerprint density at radius 2 is 1.65 bits per heavy atom. The Morgan fingerprint density at radius 1 is 1.03 bits per heavy atom. The van der Waals surface area contributed by atoms with Crippen LogP contribution in [0.5, 0.6) is 0 Å². The van der Waals surface area contributed by atoms with Crippen LogP contribution in [0.15, 0.2) is 42.5 Å². The number of aryl methyl sites for hydroxylation is 2. The van der Waals surface area contributed by atoms with Crippen molar-refractivity contribution >= 4 is 24.8 Å². The van der Waals surface area contributed by atoms with Crippen LogP contribution in [0.4, 0.5) is 10.1 Å². The standard InChI is InChI=1S/C28H37FNO3P/c1-4-12-25(28(32)30-27-21(2)17-24(29)18-22(27)3)34(15-10-5-6-11-16-34)20-26(31)33-19-23-13-8-7-9-14-23/h7-9,13-14,17-18,25H,4-6,10-12,15-16,19-20H2,1-3H3/p+1. The number of carbonyl (C=O) groups is 2. The molecule has 4 nitrogen and oxygen atoms in total. The summed E-state index contributed by atoms with van der Waals surface area (Å²) in [5.74, 6) is -0.514. The van der Waals surface area contributed by atoms with Gasteiger partial charge in [0.15, 0.2) is 6.16 Å². The number of hydrogen-bond donors (Lipinski definition) is 1. The minimum Gasteiger partial charge on any atom is -0.458 e.